The number of para-hydroxylation sites is 8. The van der Waals surface area contributed by atoms with Crippen LogP contribution in [0.5, 0.6) is 0 Å². The summed E-state index contributed by atoms with van der Waals surface area (Å²) in [6.45, 7) is 0. The molecule has 7 nitrogen and oxygen atoms in total. The van der Waals surface area contributed by atoms with Crippen LogP contribution in [0.4, 0.5) is 26.3 Å². The van der Waals surface area contributed by atoms with Crippen molar-refractivity contribution in [3.63, 3.8) is 0 Å². The van der Waals surface area contributed by atoms with Crippen LogP contribution < -0.4 is 0 Å². The van der Waals surface area contributed by atoms with Gasteiger partial charge in [-0.25, -0.2) is 0 Å². The highest BCUT2D eigenvalue weighted by Crippen LogP contribution is 2.48. The molecule has 20 rings (SSSR count). The minimum absolute atomic E-state index is 0.000961. The topological polar surface area (TPSA) is 53.4 Å². The first-order chi connectivity index (χ1) is 48.8. The second-order valence-electron chi connectivity index (χ2n) is 25.7. The van der Waals surface area contributed by atoms with E-state index in [9.17, 15) is 5.26 Å². The molecule has 0 bridgehead atoms. The lowest BCUT2D eigenvalue weighted by molar-refractivity contribution is -0.143. The van der Waals surface area contributed by atoms with Crippen LogP contribution in [0, 0.1) is 11.3 Å². The summed E-state index contributed by atoms with van der Waals surface area (Å²) in [5.41, 5.74) is 10.1. The number of nitriles is 1. The van der Waals surface area contributed by atoms with Gasteiger partial charge in [0.15, 0.2) is 0 Å². The molecule has 0 saturated carbocycles. The molecule has 13 heteroatoms. The summed E-state index contributed by atoms with van der Waals surface area (Å²) in [7, 11) is 0. The summed E-state index contributed by atoms with van der Waals surface area (Å²) in [5, 5.41) is 23.5. The van der Waals surface area contributed by atoms with Crippen LogP contribution in [0.15, 0.2) is 297 Å². The van der Waals surface area contributed by atoms with Crippen molar-refractivity contribution in [3.05, 3.63) is 314 Å². The highest BCUT2D eigenvalue weighted by molar-refractivity contribution is 6.17. The van der Waals surface area contributed by atoms with E-state index < -0.39 is 23.5 Å². The van der Waals surface area contributed by atoms with Crippen molar-refractivity contribution in [2.45, 2.75) is 12.4 Å². The smallest absolute Gasteiger partial charge is 0.309 e. The maximum absolute atomic E-state index is 15.7. The van der Waals surface area contributed by atoms with E-state index in [1.165, 1.54) is 0 Å². The van der Waals surface area contributed by atoms with Gasteiger partial charge in [0.25, 0.3) is 0 Å². The summed E-state index contributed by atoms with van der Waals surface area (Å²) < 4.78 is 107. The Morgan fingerprint density at radius 3 is 0.720 bits per heavy atom. The Hall–Kier alpha value is -13.1. The van der Waals surface area contributed by atoms with E-state index in [1.54, 1.807) is 12.1 Å². The molecule has 20 aromatic rings. The first-order valence-electron chi connectivity index (χ1n) is 32.8. The van der Waals surface area contributed by atoms with Crippen LogP contribution >= 0.6 is 0 Å². The maximum atomic E-state index is 15.7. The Balaban J connectivity index is 0.940. The third kappa shape index (κ3) is 8.28. The molecule has 0 spiro atoms. The second-order valence-corrected chi connectivity index (χ2v) is 25.7. The third-order valence-electron chi connectivity index (χ3n) is 20.4. The highest BCUT2D eigenvalue weighted by atomic mass is 19.4. The van der Waals surface area contributed by atoms with Crippen molar-refractivity contribution in [2.24, 2.45) is 0 Å². The van der Waals surface area contributed by atoms with Crippen LogP contribution in [0.25, 0.3) is 176 Å². The van der Waals surface area contributed by atoms with E-state index >= 15 is 26.3 Å². The Morgan fingerprint density at radius 2 is 0.470 bits per heavy atom. The Bertz CT molecular complexity index is 6390. The zero-order valence-corrected chi connectivity index (χ0v) is 52.7. The van der Waals surface area contributed by atoms with Gasteiger partial charge in [-0.1, -0.05) is 170 Å². The molecule has 6 heterocycles. The van der Waals surface area contributed by atoms with Gasteiger partial charge in [0.2, 0.25) is 0 Å². The lowest BCUT2D eigenvalue weighted by Crippen LogP contribution is -2.11. The second kappa shape index (κ2) is 21.0. The largest absolute Gasteiger partial charge is 0.416 e. The van der Waals surface area contributed by atoms with Gasteiger partial charge in [0.05, 0.1) is 94.3 Å². The van der Waals surface area contributed by atoms with Gasteiger partial charge in [0.1, 0.15) is 6.07 Å². The molecular formula is C87H49F6N7. The summed E-state index contributed by atoms with van der Waals surface area (Å²) in [5.74, 6) is 0. The lowest BCUT2D eigenvalue weighted by atomic mass is 9.95. The molecule has 100 heavy (non-hydrogen) atoms. The molecule has 0 aliphatic heterocycles. The molecule has 0 fully saturated rings. The monoisotopic (exact) mass is 1310 g/mol. The number of hydrogen-bond donors (Lipinski definition) is 0. The molecule has 0 unspecified atom stereocenters. The molecular weight excluding hydrogens is 1260 g/mol. The quantitative estimate of drug-likeness (QED) is 0.147. The fraction of sp³-hybridized carbons (Fsp3) is 0.0230. The van der Waals surface area contributed by atoms with Crippen molar-refractivity contribution in [1.82, 2.24) is 27.4 Å². The number of fused-ring (bicyclic) bond motifs is 18. The van der Waals surface area contributed by atoms with Crippen LogP contribution in [0.2, 0.25) is 0 Å². The van der Waals surface area contributed by atoms with Gasteiger partial charge in [-0.15, -0.1) is 0 Å². The number of nitrogens with zero attached hydrogens (tertiary/aromatic N) is 7. The normalized spacial score (nSPS) is 12.5. The molecule has 0 N–H and O–H groups in total. The van der Waals surface area contributed by atoms with Gasteiger partial charge in [-0.3, -0.25) is 0 Å². The van der Waals surface area contributed by atoms with Crippen LogP contribution in [-0.2, 0) is 12.4 Å². The molecule has 474 valence electrons. The summed E-state index contributed by atoms with van der Waals surface area (Å²) in [4.78, 5) is 0. The zero-order chi connectivity index (χ0) is 67.0. The molecule has 0 amide bonds. The Morgan fingerprint density at radius 1 is 0.230 bits per heavy atom. The van der Waals surface area contributed by atoms with E-state index in [2.05, 4.69) is 158 Å². The molecule has 0 radical (unpaired) electrons. The number of alkyl halides is 6. The number of benzene rings is 14. The Kier molecular flexibility index (Phi) is 12.0. The number of aromatic nitrogens is 6. The van der Waals surface area contributed by atoms with Gasteiger partial charge in [0, 0.05) is 92.9 Å². The highest BCUT2D eigenvalue weighted by Gasteiger charge is 2.38. The lowest BCUT2D eigenvalue weighted by Gasteiger charge is -2.21. The molecule has 0 aliphatic carbocycles. The predicted molar refractivity (Wildman–Crippen MR) is 393 cm³/mol. The van der Waals surface area contributed by atoms with Crippen molar-refractivity contribution >= 4 is 131 Å². The third-order valence-corrected chi connectivity index (χ3v) is 20.4. The fourth-order valence-corrected chi connectivity index (χ4v) is 16.2. The maximum Gasteiger partial charge on any atom is 0.416 e. The van der Waals surface area contributed by atoms with E-state index in [1.807, 2.05) is 143 Å². The minimum Gasteiger partial charge on any atom is -0.309 e. The molecule has 6 aromatic heterocycles. The molecule has 0 atom stereocenters. The van der Waals surface area contributed by atoms with E-state index in [0.717, 1.165) is 144 Å². The summed E-state index contributed by atoms with van der Waals surface area (Å²) >= 11 is 0. The van der Waals surface area contributed by atoms with Crippen LogP contribution in [0.1, 0.15) is 16.7 Å². The number of hydrogen-bond acceptors (Lipinski definition) is 1. The summed E-state index contributed by atoms with van der Waals surface area (Å²) in [6, 6.07) is 97.4. The van der Waals surface area contributed by atoms with Crippen LogP contribution in [0.3, 0.4) is 0 Å². The summed E-state index contributed by atoms with van der Waals surface area (Å²) in [6.07, 6.45) is -10.4. The molecule has 0 aliphatic rings. The minimum atomic E-state index is -5.22. The molecule has 0 saturated heterocycles. The van der Waals surface area contributed by atoms with Crippen molar-refractivity contribution < 1.29 is 26.3 Å². The van der Waals surface area contributed by atoms with Gasteiger partial charge in [-0.2, -0.15) is 31.6 Å². The average molecular weight is 1310 g/mol. The van der Waals surface area contributed by atoms with Crippen molar-refractivity contribution in [2.75, 3.05) is 0 Å². The Labute approximate surface area is 564 Å². The fourth-order valence-electron chi connectivity index (χ4n) is 16.2. The van der Waals surface area contributed by atoms with Gasteiger partial charge >= 0.3 is 12.4 Å². The first-order valence-corrected chi connectivity index (χ1v) is 32.8. The first kappa shape index (κ1) is 57.2. The van der Waals surface area contributed by atoms with Crippen LogP contribution in [-0.4, -0.2) is 27.4 Å². The number of halogens is 6. The molecule has 14 aromatic carbocycles. The SMILES string of the molecule is N#Cc1cc(-n2c3cc(-n4c5ccccc5c5ccccc54)ccc3c3ccc(-n4c5ccccc5c5ccccc54)cc32)c(-c2cc(C(F)(F)F)cc(C(F)(F)F)c2)cc1-n1c2cc(-n3c4ccccc4c4ccccc43)ccc2c2ccc(-n3c4ccccc4c4ccccc43)cc21. The van der Waals surface area contributed by atoms with E-state index in [4.69, 9.17) is 0 Å². The standard InChI is InChI=1S/C87H49F6N7/c88-86(89,90)53-41-51(42-54(44-53)87(91,92)93)71-49-80(99-82-45-55(95-72-25-9-1-17-59(72)60-18-2-10-26-73(60)95)33-37-67(82)68-38-34-56(46-83(68)99)96-74-27-11-3-19-61(74)62-20-4-12-28-75(62)96)52(50-94)43-81(71)100-84-47-57(97-76-29-13-5-21-63(76)64-22-6-14-30-77(64)97)35-39-69(84)70-40-36-58(48-85(70)100)98-78-31-15-7-23-65(78)66-24-8-16-32-79(66)98/h1-49H. The van der Waals surface area contributed by atoms with Gasteiger partial charge < -0.3 is 27.4 Å². The van der Waals surface area contributed by atoms with E-state index in [0.29, 0.717) is 22.1 Å². The van der Waals surface area contributed by atoms with Gasteiger partial charge in [-0.05, 0) is 133 Å². The predicted octanol–water partition coefficient (Wildman–Crippen LogP) is 23.8. The van der Waals surface area contributed by atoms with Crippen molar-refractivity contribution in [1.29, 1.82) is 5.26 Å². The van der Waals surface area contributed by atoms with Crippen molar-refractivity contribution in [3.8, 4) is 51.3 Å². The number of rotatable bonds is 7. The average Bonchev–Trinajstić information content (AvgIpc) is 1.54. The van der Waals surface area contributed by atoms with E-state index in [-0.39, 0.29) is 34.1 Å². The zero-order valence-electron chi connectivity index (χ0n) is 52.7.